The average molecular weight is 331 g/mol. The molecular weight excluding hydrogens is 321 g/mol. The summed E-state index contributed by atoms with van der Waals surface area (Å²) in [6.45, 7) is 0.231. The van der Waals surface area contributed by atoms with Crippen LogP contribution in [-0.2, 0) is 12.8 Å². The van der Waals surface area contributed by atoms with E-state index in [-0.39, 0.29) is 12.4 Å². The summed E-state index contributed by atoms with van der Waals surface area (Å²) in [7, 11) is 0. The van der Waals surface area contributed by atoms with Gasteiger partial charge in [0.05, 0.1) is 5.56 Å². The van der Waals surface area contributed by atoms with Crippen molar-refractivity contribution in [2.24, 2.45) is 0 Å². The molecule has 0 unspecified atom stereocenters. The number of hydrogen-bond donors (Lipinski definition) is 0. The zero-order valence-electron chi connectivity index (χ0n) is 9.75. The molecule has 2 aromatic carbocycles. The van der Waals surface area contributed by atoms with Crippen molar-refractivity contribution in [3.63, 3.8) is 0 Å². The van der Waals surface area contributed by atoms with Gasteiger partial charge in [0.2, 0.25) is 0 Å². The molecule has 0 spiro atoms. The Morgan fingerprint density at radius 2 is 1.68 bits per heavy atom. The molecule has 2 aromatic rings. The van der Waals surface area contributed by atoms with Crippen LogP contribution in [0.2, 0.25) is 0 Å². The molecule has 100 valence electrons. The normalized spacial score (nSPS) is 11.4. The van der Waals surface area contributed by atoms with Gasteiger partial charge in [-0.2, -0.15) is 13.2 Å². The lowest BCUT2D eigenvalue weighted by atomic mass is 10.2. The lowest BCUT2D eigenvalue weighted by Crippen LogP contribution is -2.05. The van der Waals surface area contributed by atoms with Gasteiger partial charge in [0.25, 0.3) is 0 Å². The van der Waals surface area contributed by atoms with Crippen LogP contribution in [0.1, 0.15) is 11.1 Å². The second-order valence-corrected chi connectivity index (χ2v) is 4.86. The first-order valence-electron chi connectivity index (χ1n) is 5.50. The Kier molecular flexibility index (Phi) is 4.14. The van der Waals surface area contributed by atoms with Crippen molar-refractivity contribution < 1.29 is 17.9 Å². The summed E-state index contributed by atoms with van der Waals surface area (Å²) in [6, 6.07) is 12.3. The number of rotatable bonds is 3. The third-order valence-corrected chi connectivity index (χ3v) is 3.01. The highest BCUT2D eigenvalue weighted by atomic mass is 79.9. The fraction of sp³-hybridized carbons (Fsp3) is 0.143. The Hall–Kier alpha value is -1.49. The largest absolute Gasteiger partial charge is 0.489 e. The van der Waals surface area contributed by atoms with E-state index >= 15 is 0 Å². The van der Waals surface area contributed by atoms with Crippen molar-refractivity contribution in [3.05, 3.63) is 64.1 Å². The zero-order valence-corrected chi connectivity index (χ0v) is 11.3. The monoisotopic (exact) mass is 330 g/mol. The molecule has 0 aliphatic rings. The van der Waals surface area contributed by atoms with E-state index in [1.807, 2.05) is 24.3 Å². The first kappa shape index (κ1) is 13.9. The molecule has 1 nitrogen and oxygen atoms in total. The van der Waals surface area contributed by atoms with Gasteiger partial charge in [-0.3, -0.25) is 0 Å². The van der Waals surface area contributed by atoms with Gasteiger partial charge in [-0.25, -0.2) is 0 Å². The standard InChI is InChI=1S/C14H10BrF3O/c15-12-6-4-10(5-7-12)9-19-13-3-1-2-11(8-13)14(16,17)18/h1-8H,9H2. The number of benzene rings is 2. The van der Waals surface area contributed by atoms with Gasteiger partial charge in [0.15, 0.2) is 0 Å². The predicted molar refractivity (Wildman–Crippen MR) is 69.9 cm³/mol. The van der Waals surface area contributed by atoms with Gasteiger partial charge in [0.1, 0.15) is 12.4 Å². The van der Waals surface area contributed by atoms with E-state index in [1.165, 1.54) is 12.1 Å². The lowest BCUT2D eigenvalue weighted by molar-refractivity contribution is -0.137. The quantitative estimate of drug-likeness (QED) is 0.765. The summed E-state index contributed by atoms with van der Waals surface area (Å²) in [5.41, 5.74) is 0.182. The lowest BCUT2D eigenvalue weighted by Gasteiger charge is -2.10. The summed E-state index contributed by atoms with van der Waals surface area (Å²) >= 11 is 3.31. The SMILES string of the molecule is FC(F)(F)c1cccc(OCc2ccc(Br)cc2)c1. The molecule has 0 amide bonds. The third-order valence-electron chi connectivity index (χ3n) is 2.48. The van der Waals surface area contributed by atoms with Crippen LogP contribution in [0, 0.1) is 0 Å². The maximum absolute atomic E-state index is 12.5. The van der Waals surface area contributed by atoms with E-state index in [2.05, 4.69) is 15.9 Å². The van der Waals surface area contributed by atoms with Crippen LogP contribution >= 0.6 is 15.9 Å². The molecule has 0 heterocycles. The van der Waals surface area contributed by atoms with E-state index in [0.29, 0.717) is 0 Å². The molecule has 0 aliphatic carbocycles. The minimum absolute atomic E-state index is 0.206. The van der Waals surface area contributed by atoms with E-state index in [0.717, 1.165) is 22.2 Å². The maximum Gasteiger partial charge on any atom is 0.416 e. The number of halogens is 4. The summed E-state index contributed by atoms with van der Waals surface area (Å²) in [5.74, 6) is 0.206. The van der Waals surface area contributed by atoms with Crippen molar-refractivity contribution in [2.75, 3.05) is 0 Å². The molecule has 0 aromatic heterocycles. The second-order valence-electron chi connectivity index (χ2n) is 3.94. The van der Waals surface area contributed by atoms with Crippen molar-refractivity contribution >= 4 is 15.9 Å². The van der Waals surface area contributed by atoms with Crippen LogP contribution < -0.4 is 4.74 Å². The Balaban J connectivity index is 2.05. The Labute approximate surface area is 117 Å². The predicted octanol–water partition coefficient (Wildman–Crippen LogP) is 5.05. The Morgan fingerprint density at radius 1 is 1.00 bits per heavy atom. The van der Waals surface area contributed by atoms with Crippen LogP contribution in [0.4, 0.5) is 13.2 Å². The highest BCUT2D eigenvalue weighted by molar-refractivity contribution is 9.10. The van der Waals surface area contributed by atoms with Crippen LogP contribution in [0.25, 0.3) is 0 Å². The smallest absolute Gasteiger partial charge is 0.416 e. The maximum atomic E-state index is 12.5. The molecule has 0 atom stereocenters. The van der Waals surface area contributed by atoms with Gasteiger partial charge < -0.3 is 4.74 Å². The van der Waals surface area contributed by atoms with Gasteiger partial charge in [0, 0.05) is 4.47 Å². The van der Waals surface area contributed by atoms with Crippen molar-refractivity contribution in [1.29, 1.82) is 0 Å². The molecule has 0 saturated carbocycles. The number of ether oxygens (including phenoxy) is 1. The third kappa shape index (κ3) is 3.99. The van der Waals surface area contributed by atoms with E-state index in [4.69, 9.17) is 4.74 Å². The molecule has 0 saturated heterocycles. The highest BCUT2D eigenvalue weighted by Crippen LogP contribution is 2.31. The topological polar surface area (TPSA) is 9.23 Å². The molecule has 0 aliphatic heterocycles. The van der Waals surface area contributed by atoms with Crippen LogP contribution in [-0.4, -0.2) is 0 Å². The fourth-order valence-electron chi connectivity index (χ4n) is 1.51. The van der Waals surface area contributed by atoms with Crippen molar-refractivity contribution in [2.45, 2.75) is 12.8 Å². The molecule has 19 heavy (non-hydrogen) atoms. The summed E-state index contributed by atoms with van der Waals surface area (Å²) in [6.07, 6.45) is -4.35. The Morgan fingerprint density at radius 3 is 2.32 bits per heavy atom. The van der Waals surface area contributed by atoms with E-state index in [1.54, 1.807) is 0 Å². The summed E-state index contributed by atoms with van der Waals surface area (Å²) < 4.78 is 43.8. The summed E-state index contributed by atoms with van der Waals surface area (Å²) in [4.78, 5) is 0. The van der Waals surface area contributed by atoms with Crippen LogP contribution in [0.15, 0.2) is 53.0 Å². The average Bonchev–Trinajstić information content (AvgIpc) is 2.37. The van der Waals surface area contributed by atoms with E-state index in [9.17, 15) is 13.2 Å². The molecule has 0 bridgehead atoms. The van der Waals surface area contributed by atoms with Gasteiger partial charge in [-0.15, -0.1) is 0 Å². The van der Waals surface area contributed by atoms with Crippen LogP contribution in [0.5, 0.6) is 5.75 Å². The van der Waals surface area contributed by atoms with Gasteiger partial charge in [-0.05, 0) is 35.9 Å². The number of hydrogen-bond acceptors (Lipinski definition) is 1. The minimum Gasteiger partial charge on any atom is -0.489 e. The molecule has 0 radical (unpaired) electrons. The van der Waals surface area contributed by atoms with Gasteiger partial charge >= 0.3 is 6.18 Å². The fourth-order valence-corrected chi connectivity index (χ4v) is 1.77. The van der Waals surface area contributed by atoms with Crippen molar-refractivity contribution in [1.82, 2.24) is 0 Å². The molecule has 0 fully saturated rings. The second kappa shape index (κ2) is 5.65. The first-order valence-corrected chi connectivity index (χ1v) is 6.29. The molecule has 0 N–H and O–H groups in total. The zero-order chi connectivity index (χ0) is 13.9. The minimum atomic E-state index is -4.35. The van der Waals surface area contributed by atoms with Crippen LogP contribution in [0.3, 0.4) is 0 Å². The Bertz CT molecular complexity index is 549. The molecule has 2 rings (SSSR count). The molecular formula is C14H10BrF3O. The summed E-state index contributed by atoms with van der Waals surface area (Å²) in [5, 5.41) is 0. The van der Waals surface area contributed by atoms with E-state index < -0.39 is 11.7 Å². The first-order chi connectivity index (χ1) is 8.95. The van der Waals surface area contributed by atoms with Crippen molar-refractivity contribution in [3.8, 4) is 5.75 Å². The number of alkyl halides is 3. The highest BCUT2D eigenvalue weighted by Gasteiger charge is 2.30. The van der Waals surface area contributed by atoms with Gasteiger partial charge in [-0.1, -0.05) is 34.1 Å². The molecule has 5 heteroatoms.